The molecule has 86 valence electrons. The highest BCUT2D eigenvalue weighted by molar-refractivity contribution is 8.14. The van der Waals surface area contributed by atoms with Crippen LogP contribution in [0.3, 0.4) is 0 Å². The molecule has 0 aliphatic carbocycles. The van der Waals surface area contributed by atoms with E-state index in [1.807, 2.05) is 11.8 Å². The summed E-state index contributed by atoms with van der Waals surface area (Å²) in [7, 11) is 0. The van der Waals surface area contributed by atoms with Gasteiger partial charge >= 0.3 is 0 Å². The average Bonchev–Trinajstić information content (AvgIpc) is 2.33. The summed E-state index contributed by atoms with van der Waals surface area (Å²) in [5, 5.41) is 4.47. The number of para-hydroxylation sites is 1. The molecule has 0 spiro atoms. The van der Waals surface area contributed by atoms with Crippen LogP contribution in [0.25, 0.3) is 0 Å². The molecule has 2 rings (SSSR count). The molecule has 4 heteroatoms. The molecule has 0 radical (unpaired) electrons. The maximum atomic E-state index is 4.54. The molecule has 0 aromatic heterocycles. The van der Waals surface area contributed by atoms with E-state index in [4.69, 9.17) is 0 Å². The van der Waals surface area contributed by atoms with E-state index in [0.29, 0.717) is 5.92 Å². The molecule has 1 aliphatic heterocycles. The maximum absolute atomic E-state index is 4.54. The lowest BCUT2D eigenvalue weighted by Crippen LogP contribution is -2.18. The van der Waals surface area contributed by atoms with Gasteiger partial charge in [-0.25, -0.2) is 0 Å². The van der Waals surface area contributed by atoms with E-state index < -0.39 is 0 Å². The second-order valence-corrected chi connectivity index (χ2v) is 5.74. The van der Waals surface area contributed by atoms with E-state index in [1.165, 1.54) is 4.90 Å². The highest BCUT2D eigenvalue weighted by Crippen LogP contribution is 2.27. The predicted octanol–water partition coefficient (Wildman–Crippen LogP) is 3.56. The lowest BCUT2D eigenvalue weighted by Gasteiger charge is -2.18. The molecule has 0 saturated heterocycles. The van der Waals surface area contributed by atoms with Crippen molar-refractivity contribution in [1.29, 1.82) is 0 Å². The molecular formula is C12H16N2S2. The number of hydrogen-bond acceptors (Lipinski definition) is 4. The summed E-state index contributed by atoms with van der Waals surface area (Å²) >= 11 is 3.57. The number of benzene rings is 1. The van der Waals surface area contributed by atoms with Crippen molar-refractivity contribution in [2.75, 3.05) is 23.9 Å². The molecule has 1 heterocycles. The molecule has 1 N–H and O–H groups in total. The van der Waals surface area contributed by atoms with Crippen molar-refractivity contribution in [2.24, 2.45) is 10.9 Å². The van der Waals surface area contributed by atoms with E-state index in [9.17, 15) is 0 Å². The summed E-state index contributed by atoms with van der Waals surface area (Å²) in [5.74, 6) is 1.86. The van der Waals surface area contributed by atoms with Gasteiger partial charge in [0.2, 0.25) is 0 Å². The van der Waals surface area contributed by atoms with Crippen molar-refractivity contribution in [3.63, 3.8) is 0 Å². The van der Waals surface area contributed by atoms with Crippen LogP contribution < -0.4 is 5.32 Å². The molecule has 0 bridgehead atoms. The lowest BCUT2D eigenvalue weighted by atomic mass is 10.2. The van der Waals surface area contributed by atoms with Gasteiger partial charge in [-0.05, 0) is 24.3 Å². The Morgan fingerprint density at radius 3 is 2.94 bits per heavy atom. The van der Waals surface area contributed by atoms with Crippen LogP contribution in [0.2, 0.25) is 0 Å². The Morgan fingerprint density at radius 2 is 2.25 bits per heavy atom. The minimum absolute atomic E-state index is 0.700. The van der Waals surface area contributed by atoms with Gasteiger partial charge in [0.25, 0.3) is 0 Å². The van der Waals surface area contributed by atoms with Crippen molar-refractivity contribution in [1.82, 2.24) is 0 Å². The minimum Gasteiger partial charge on any atom is -0.334 e. The Morgan fingerprint density at radius 1 is 1.44 bits per heavy atom. The lowest BCUT2D eigenvalue weighted by molar-refractivity contribution is 0.674. The molecule has 1 atom stereocenters. The number of thioether (sulfide) groups is 2. The molecule has 2 nitrogen and oxygen atoms in total. The highest BCUT2D eigenvalue weighted by Gasteiger charge is 2.12. The molecule has 1 aliphatic rings. The molecule has 16 heavy (non-hydrogen) atoms. The van der Waals surface area contributed by atoms with E-state index >= 15 is 0 Å². The van der Waals surface area contributed by atoms with Crippen molar-refractivity contribution in [2.45, 2.75) is 11.8 Å². The first-order valence-electron chi connectivity index (χ1n) is 5.37. The second kappa shape index (κ2) is 5.64. The number of nitrogens with zero attached hydrogens (tertiary/aromatic N) is 1. The van der Waals surface area contributed by atoms with Gasteiger partial charge in [0.1, 0.15) is 0 Å². The largest absolute Gasteiger partial charge is 0.334 e. The molecule has 0 saturated carbocycles. The normalized spacial score (nSPS) is 20.4. The second-order valence-electron chi connectivity index (χ2n) is 3.89. The zero-order chi connectivity index (χ0) is 11.4. The molecule has 1 unspecified atom stereocenters. The Kier molecular flexibility index (Phi) is 4.18. The third-order valence-electron chi connectivity index (χ3n) is 2.40. The van der Waals surface area contributed by atoms with Crippen molar-refractivity contribution < 1.29 is 0 Å². The number of amidine groups is 1. The zero-order valence-electron chi connectivity index (χ0n) is 9.56. The van der Waals surface area contributed by atoms with E-state index in [0.717, 1.165) is 23.2 Å². The van der Waals surface area contributed by atoms with E-state index in [-0.39, 0.29) is 0 Å². The third-order valence-corrected chi connectivity index (χ3v) is 4.44. The monoisotopic (exact) mass is 252 g/mol. The Hall–Kier alpha value is -0.610. The van der Waals surface area contributed by atoms with Gasteiger partial charge in [-0.15, -0.1) is 11.8 Å². The summed E-state index contributed by atoms with van der Waals surface area (Å²) in [6.45, 7) is 3.18. The van der Waals surface area contributed by atoms with Gasteiger partial charge in [0.15, 0.2) is 5.17 Å². The number of rotatable bonds is 2. The van der Waals surface area contributed by atoms with Crippen LogP contribution in [0.15, 0.2) is 34.2 Å². The number of aliphatic imine (C=N–C) groups is 1. The van der Waals surface area contributed by atoms with E-state index in [2.05, 4.69) is 47.8 Å². The van der Waals surface area contributed by atoms with Gasteiger partial charge < -0.3 is 5.32 Å². The van der Waals surface area contributed by atoms with Gasteiger partial charge in [-0.3, -0.25) is 4.99 Å². The first-order valence-corrected chi connectivity index (χ1v) is 7.58. The number of hydrogen-bond donors (Lipinski definition) is 1. The molecule has 0 fully saturated rings. The Balaban J connectivity index is 2.09. The Bertz CT molecular complexity index is 390. The third kappa shape index (κ3) is 2.95. The van der Waals surface area contributed by atoms with Crippen LogP contribution in [0.4, 0.5) is 5.69 Å². The molecule has 0 amide bonds. The van der Waals surface area contributed by atoms with Crippen molar-refractivity contribution in [3.8, 4) is 0 Å². The van der Waals surface area contributed by atoms with Crippen LogP contribution in [0.5, 0.6) is 0 Å². The molecule has 1 aromatic carbocycles. The zero-order valence-corrected chi connectivity index (χ0v) is 11.2. The highest BCUT2D eigenvalue weighted by atomic mass is 32.2. The van der Waals surface area contributed by atoms with Gasteiger partial charge in [0.05, 0.1) is 5.69 Å². The van der Waals surface area contributed by atoms with Crippen molar-refractivity contribution >= 4 is 34.4 Å². The summed E-state index contributed by atoms with van der Waals surface area (Å²) in [6, 6.07) is 8.35. The fourth-order valence-corrected chi connectivity index (χ4v) is 2.95. The van der Waals surface area contributed by atoms with Crippen LogP contribution in [0.1, 0.15) is 6.92 Å². The minimum atomic E-state index is 0.700. The smallest absolute Gasteiger partial charge is 0.161 e. The van der Waals surface area contributed by atoms with Crippen LogP contribution in [-0.4, -0.2) is 23.7 Å². The molecule has 1 aromatic rings. The average molecular weight is 252 g/mol. The SMILES string of the molecule is CSc1ccccc1NC1=NCC(C)CS1. The van der Waals surface area contributed by atoms with Crippen LogP contribution >= 0.6 is 23.5 Å². The quantitative estimate of drug-likeness (QED) is 0.815. The maximum Gasteiger partial charge on any atom is 0.161 e. The standard InChI is InChI=1S/C12H16N2S2/c1-9-7-13-12(16-8-9)14-10-5-3-4-6-11(10)15-2/h3-6,9H,7-8H2,1-2H3,(H,13,14). The van der Waals surface area contributed by atoms with Gasteiger partial charge in [0, 0.05) is 17.2 Å². The fourth-order valence-electron chi connectivity index (χ4n) is 1.50. The first kappa shape index (κ1) is 11.9. The van der Waals surface area contributed by atoms with E-state index in [1.54, 1.807) is 11.8 Å². The number of anilines is 1. The van der Waals surface area contributed by atoms with Gasteiger partial charge in [-0.2, -0.15) is 0 Å². The Labute approximate surface area is 105 Å². The van der Waals surface area contributed by atoms with Crippen LogP contribution in [0, 0.1) is 5.92 Å². The predicted molar refractivity (Wildman–Crippen MR) is 75.8 cm³/mol. The topological polar surface area (TPSA) is 24.4 Å². The first-order chi connectivity index (χ1) is 7.79. The van der Waals surface area contributed by atoms with Crippen molar-refractivity contribution in [3.05, 3.63) is 24.3 Å². The molecular weight excluding hydrogens is 236 g/mol. The summed E-state index contributed by atoms with van der Waals surface area (Å²) in [6.07, 6.45) is 2.10. The van der Waals surface area contributed by atoms with Gasteiger partial charge in [-0.1, -0.05) is 30.8 Å². The number of nitrogens with one attached hydrogen (secondary N) is 1. The fraction of sp³-hybridized carbons (Fsp3) is 0.417. The van der Waals surface area contributed by atoms with Crippen LogP contribution in [-0.2, 0) is 0 Å². The summed E-state index contributed by atoms with van der Waals surface area (Å²) in [5.41, 5.74) is 1.16. The summed E-state index contributed by atoms with van der Waals surface area (Å²) < 4.78 is 0. The summed E-state index contributed by atoms with van der Waals surface area (Å²) in [4.78, 5) is 5.81.